The minimum atomic E-state index is -3.49. The first-order chi connectivity index (χ1) is 9.21. The van der Waals surface area contributed by atoms with Gasteiger partial charge in [0.1, 0.15) is 17.4 Å². The largest absolute Gasteiger partial charge is 0.388 e. The molecule has 1 aliphatic rings. The number of nitrogens with one attached hydrogen (secondary N) is 2. The van der Waals surface area contributed by atoms with E-state index in [0.29, 0.717) is 0 Å². The van der Waals surface area contributed by atoms with E-state index in [1.54, 1.807) is 0 Å². The maximum atomic E-state index is 12.0. The highest BCUT2D eigenvalue weighted by Gasteiger charge is 2.46. The number of sulfonamides is 1. The van der Waals surface area contributed by atoms with Gasteiger partial charge in [-0.05, 0) is 6.07 Å². The van der Waals surface area contributed by atoms with Crippen molar-refractivity contribution in [2.75, 3.05) is 25.9 Å². The van der Waals surface area contributed by atoms with Crippen molar-refractivity contribution in [1.82, 2.24) is 19.8 Å². The van der Waals surface area contributed by atoms with Crippen molar-refractivity contribution in [3.8, 4) is 0 Å². The standard InChI is InChI=1S/C10H16N4O5S/c1-20(18,19)12-5-10(17)6-14(4-8(10)15)9(16)7-2-3-11-13-7/h2-3,8,12,15,17H,4-6H2,1H3,(H,11,13)/t8-,10+/m1/s1. The van der Waals surface area contributed by atoms with E-state index >= 15 is 0 Å². The first kappa shape index (κ1) is 14.9. The zero-order chi connectivity index (χ0) is 15.0. The Hall–Kier alpha value is -1.49. The Morgan fingerprint density at radius 2 is 2.40 bits per heavy atom. The Labute approximate surface area is 115 Å². The lowest BCUT2D eigenvalue weighted by Gasteiger charge is -2.25. The third-order valence-electron chi connectivity index (χ3n) is 3.14. The number of β-amino-alcohol motifs (C(OH)–C–C–N with tert-alkyl or cyclic N) is 2. The van der Waals surface area contributed by atoms with Crippen LogP contribution in [0.5, 0.6) is 0 Å². The van der Waals surface area contributed by atoms with Gasteiger partial charge in [-0.2, -0.15) is 5.10 Å². The van der Waals surface area contributed by atoms with E-state index in [1.807, 2.05) is 0 Å². The summed E-state index contributed by atoms with van der Waals surface area (Å²) in [5, 5.41) is 26.2. The third kappa shape index (κ3) is 3.15. The predicted octanol–water partition coefficient (Wildman–Crippen LogP) is -2.49. The number of H-pyrrole nitrogens is 1. The molecule has 4 N–H and O–H groups in total. The summed E-state index contributed by atoms with van der Waals surface area (Å²) in [6.45, 7) is -0.617. The number of hydrogen-bond donors (Lipinski definition) is 4. The van der Waals surface area contributed by atoms with Crippen LogP contribution in [0.3, 0.4) is 0 Å². The van der Waals surface area contributed by atoms with Gasteiger partial charge >= 0.3 is 0 Å². The molecule has 0 radical (unpaired) electrons. The van der Waals surface area contributed by atoms with Crippen LogP contribution in [-0.4, -0.2) is 77.2 Å². The molecule has 0 spiro atoms. The summed E-state index contributed by atoms with van der Waals surface area (Å²) >= 11 is 0. The highest BCUT2D eigenvalue weighted by molar-refractivity contribution is 7.88. The summed E-state index contributed by atoms with van der Waals surface area (Å²) < 4.78 is 24.2. The molecular weight excluding hydrogens is 288 g/mol. The van der Waals surface area contributed by atoms with E-state index in [-0.39, 0.29) is 25.3 Å². The molecule has 20 heavy (non-hydrogen) atoms. The zero-order valence-corrected chi connectivity index (χ0v) is 11.6. The van der Waals surface area contributed by atoms with Crippen LogP contribution in [-0.2, 0) is 10.0 Å². The smallest absolute Gasteiger partial charge is 0.272 e. The highest BCUT2D eigenvalue weighted by atomic mass is 32.2. The molecule has 1 saturated heterocycles. The quantitative estimate of drug-likeness (QED) is 0.486. The number of likely N-dealkylation sites (tertiary alicyclic amines) is 1. The molecule has 112 valence electrons. The molecule has 1 aromatic rings. The summed E-state index contributed by atoms with van der Waals surface area (Å²) in [6.07, 6.45) is 1.13. The van der Waals surface area contributed by atoms with Crippen LogP contribution < -0.4 is 4.72 Å². The van der Waals surface area contributed by atoms with Gasteiger partial charge in [-0.3, -0.25) is 9.89 Å². The van der Waals surface area contributed by atoms with Gasteiger partial charge in [-0.25, -0.2) is 13.1 Å². The average Bonchev–Trinajstić information content (AvgIpc) is 2.95. The van der Waals surface area contributed by atoms with Gasteiger partial charge in [-0.1, -0.05) is 0 Å². The SMILES string of the molecule is CS(=O)(=O)NC[C@]1(O)CN(C(=O)c2ccn[nH]2)C[C@H]1O. The monoisotopic (exact) mass is 304 g/mol. The van der Waals surface area contributed by atoms with Gasteiger partial charge < -0.3 is 15.1 Å². The van der Waals surface area contributed by atoms with Crippen molar-refractivity contribution in [2.45, 2.75) is 11.7 Å². The van der Waals surface area contributed by atoms with Crippen molar-refractivity contribution in [3.05, 3.63) is 18.0 Å². The van der Waals surface area contributed by atoms with Crippen molar-refractivity contribution >= 4 is 15.9 Å². The molecule has 9 nitrogen and oxygen atoms in total. The molecule has 0 saturated carbocycles. The Kier molecular flexibility index (Phi) is 3.82. The minimum absolute atomic E-state index is 0.0835. The molecule has 0 bridgehead atoms. The van der Waals surface area contributed by atoms with E-state index in [1.165, 1.54) is 17.2 Å². The topological polar surface area (TPSA) is 136 Å². The second kappa shape index (κ2) is 5.13. The fraction of sp³-hybridized carbons (Fsp3) is 0.600. The molecule has 2 rings (SSSR count). The molecule has 1 aromatic heterocycles. The van der Waals surface area contributed by atoms with Gasteiger partial charge in [0.2, 0.25) is 10.0 Å². The molecule has 10 heteroatoms. The van der Waals surface area contributed by atoms with Crippen molar-refractivity contribution in [1.29, 1.82) is 0 Å². The summed E-state index contributed by atoms with van der Waals surface area (Å²) in [6, 6.07) is 1.47. The fourth-order valence-corrected chi connectivity index (χ4v) is 2.52. The number of aromatic nitrogens is 2. The molecule has 1 aliphatic heterocycles. The number of amides is 1. The van der Waals surface area contributed by atoms with Crippen molar-refractivity contribution in [3.63, 3.8) is 0 Å². The first-order valence-electron chi connectivity index (χ1n) is 5.85. The van der Waals surface area contributed by atoms with E-state index < -0.39 is 27.6 Å². The number of aromatic amines is 1. The lowest BCUT2D eigenvalue weighted by molar-refractivity contribution is -0.0352. The van der Waals surface area contributed by atoms with Crippen LogP contribution in [0.15, 0.2) is 12.3 Å². The lowest BCUT2D eigenvalue weighted by atomic mass is 10.0. The summed E-state index contributed by atoms with van der Waals surface area (Å²) in [5.74, 6) is -0.420. The third-order valence-corrected chi connectivity index (χ3v) is 3.81. The molecule has 1 fully saturated rings. The summed E-state index contributed by atoms with van der Waals surface area (Å²) in [5.41, 5.74) is -1.48. The van der Waals surface area contributed by atoms with Crippen LogP contribution in [0.1, 0.15) is 10.5 Å². The average molecular weight is 304 g/mol. The van der Waals surface area contributed by atoms with Crippen LogP contribution in [0.4, 0.5) is 0 Å². The number of rotatable bonds is 4. The van der Waals surface area contributed by atoms with Crippen molar-refractivity contribution < 1.29 is 23.4 Å². The Bertz CT molecular complexity index is 587. The van der Waals surface area contributed by atoms with Crippen LogP contribution >= 0.6 is 0 Å². The molecule has 0 aliphatic carbocycles. The fourth-order valence-electron chi connectivity index (χ4n) is 2.01. The van der Waals surface area contributed by atoms with Crippen LogP contribution in [0.25, 0.3) is 0 Å². The van der Waals surface area contributed by atoms with E-state index in [2.05, 4.69) is 14.9 Å². The van der Waals surface area contributed by atoms with E-state index in [9.17, 15) is 23.4 Å². The van der Waals surface area contributed by atoms with Crippen LogP contribution in [0, 0.1) is 0 Å². The maximum absolute atomic E-state index is 12.0. The number of hydrogen-bond acceptors (Lipinski definition) is 6. The van der Waals surface area contributed by atoms with Crippen molar-refractivity contribution in [2.24, 2.45) is 0 Å². The molecule has 0 unspecified atom stereocenters. The van der Waals surface area contributed by atoms with Crippen LogP contribution in [0.2, 0.25) is 0 Å². The van der Waals surface area contributed by atoms with Gasteiger partial charge in [0.15, 0.2) is 0 Å². The van der Waals surface area contributed by atoms with E-state index in [0.717, 1.165) is 6.26 Å². The molecule has 0 aromatic carbocycles. The Morgan fingerprint density at radius 3 is 2.95 bits per heavy atom. The second-order valence-electron chi connectivity index (χ2n) is 4.87. The normalized spacial score (nSPS) is 26.9. The van der Waals surface area contributed by atoms with Gasteiger partial charge in [0, 0.05) is 12.7 Å². The summed E-state index contributed by atoms with van der Waals surface area (Å²) in [4.78, 5) is 13.3. The Morgan fingerprint density at radius 1 is 1.70 bits per heavy atom. The lowest BCUT2D eigenvalue weighted by Crippen LogP contribution is -2.51. The first-order valence-corrected chi connectivity index (χ1v) is 7.74. The van der Waals surface area contributed by atoms with Gasteiger partial charge in [0.05, 0.1) is 19.3 Å². The second-order valence-corrected chi connectivity index (χ2v) is 6.70. The predicted molar refractivity (Wildman–Crippen MR) is 68.3 cm³/mol. The number of nitrogens with zero attached hydrogens (tertiary/aromatic N) is 2. The molecule has 2 atom stereocenters. The number of carbonyl (C=O) groups excluding carboxylic acids is 1. The highest BCUT2D eigenvalue weighted by Crippen LogP contribution is 2.22. The maximum Gasteiger partial charge on any atom is 0.272 e. The summed E-state index contributed by atoms with van der Waals surface area (Å²) in [7, 11) is -3.49. The van der Waals surface area contributed by atoms with Gasteiger partial charge in [-0.15, -0.1) is 0 Å². The molecule has 1 amide bonds. The molecule has 2 heterocycles. The van der Waals surface area contributed by atoms with Gasteiger partial charge in [0.25, 0.3) is 5.91 Å². The number of carbonyl (C=O) groups is 1. The molecular formula is C10H16N4O5S. The minimum Gasteiger partial charge on any atom is -0.388 e. The van der Waals surface area contributed by atoms with E-state index in [4.69, 9.17) is 0 Å². The number of aliphatic hydroxyl groups is 2. The number of aliphatic hydroxyl groups excluding tert-OH is 1. The zero-order valence-electron chi connectivity index (χ0n) is 10.8. The Balaban J connectivity index is 2.06.